The van der Waals surface area contributed by atoms with E-state index < -0.39 is 0 Å². The summed E-state index contributed by atoms with van der Waals surface area (Å²) in [4.78, 5) is 29.3. The molecular formula is C23H15N3O2. The fourth-order valence-electron chi connectivity index (χ4n) is 3.50. The second-order valence-corrected chi connectivity index (χ2v) is 6.61. The van der Waals surface area contributed by atoms with E-state index in [-0.39, 0.29) is 11.7 Å². The first kappa shape index (κ1) is 16.2. The number of imidazole rings is 1. The zero-order valence-electron chi connectivity index (χ0n) is 14.8. The number of fused-ring (bicyclic) bond motifs is 3. The van der Waals surface area contributed by atoms with Crippen LogP contribution in [0.15, 0.2) is 85.5 Å². The molecule has 0 saturated carbocycles. The molecule has 28 heavy (non-hydrogen) atoms. The number of carbonyl (C=O) groups is 2. The van der Waals surface area contributed by atoms with Crippen molar-refractivity contribution >= 4 is 17.4 Å². The Morgan fingerprint density at radius 1 is 0.857 bits per heavy atom. The Bertz CT molecular complexity index is 1210. The van der Waals surface area contributed by atoms with E-state index in [9.17, 15) is 9.59 Å². The third kappa shape index (κ3) is 2.61. The maximum atomic E-state index is 12.7. The monoisotopic (exact) mass is 365 g/mol. The molecular weight excluding hydrogens is 350 g/mol. The van der Waals surface area contributed by atoms with Gasteiger partial charge in [0, 0.05) is 40.5 Å². The molecule has 5 rings (SSSR count). The van der Waals surface area contributed by atoms with Gasteiger partial charge in [-0.1, -0.05) is 30.3 Å². The van der Waals surface area contributed by atoms with Crippen molar-refractivity contribution in [1.29, 1.82) is 0 Å². The smallest absolute Gasteiger partial charge is 0.255 e. The van der Waals surface area contributed by atoms with E-state index >= 15 is 0 Å². The predicted molar refractivity (Wildman–Crippen MR) is 107 cm³/mol. The van der Waals surface area contributed by atoms with Gasteiger partial charge in [0.25, 0.3) is 5.91 Å². The summed E-state index contributed by atoms with van der Waals surface area (Å²) >= 11 is 0. The lowest BCUT2D eigenvalue weighted by molar-refractivity contribution is 0.102. The van der Waals surface area contributed by atoms with E-state index in [1.165, 1.54) is 0 Å². The fourth-order valence-corrected chi connectivity index (χ4v) is 3.50. The van der Waals surface area contributed by atoms with Crippen LogP contribution in [0, 0.1) is 0 Å². The van der Waals surface area contributed by atoms with Crippen molar-refractivity contribution in [2.45, 2.75) is 0 Å². The Kier molecular flexibility index (Phi) is 3.66. The highest BCUT2D eigenvalue weighted by atomic mass is 16.1. The summed E-state index contributed by atoms with van der Waals surface area (Å²) in [6.07, 6.45) is 5.28. The van der Waals surface area contributed by atoms with Crippen molar-refractivity contribution in [3.05, 3.63) is 102 Å². The van der Waals surface area contributed by atoms with E-state index in [0.717, 1.165) is 16.8 Å². The molecule has 0 aliphatic heterocycles. The lowest BCUT2D eigenvalue weighted by Gasteiger charge is -2.08. The number of hydrogen-bond acceptors (Lipinski definition) is 3. The molecule has 0 atom stereocenters. The standard InChI is InChI=1S/C23H15N3O2/c27-22-20-4-2-1-3-18(20)19-10-5-15(13-21(19)22)23(28)25-16-6-8-17(9-7-16)26-12-11-24-14-26/h1-14H,(H,25,28). The van der Waals surface area contributed by atoms with Crippen molar-refractivity contribution in [3.63, 3.8) is 0 Å². The van der Waals surface area contributed by atoms with Gasteiger partial charge in [0.15, 0.2) is 5.78 Å². The molecule has 5 heteroatoms. The van der Waals surface area contributed by atoms with Crippen molar-refractivity contribution < 1.29 is 9.59 Å². The molecule has 1 aliphatic carbocycles. The Balaban J connectivity index is 1.39. The number of aromatic nitrogens is 2. The summed E-state index contributed by atoms with van der Waals surface area (Å²) in [7, 11) is 0. The molecule has 134 valence electrons. The third-order valence-corrected chi connectivity index (χ3v) is 4.92. The van der Waals surface area contributed by atoms with E-state index in [2.05, 4.69) is 10.3 Å². The Labute approximate surface area is 161 Å². The van der Waals surface area contributed by atoms with Gasteiger partial charge in [0.05, 0.1) is 6.33 Å². The van der Waals surface area contributed by atoms with Gasteiger partial charge in [-0.3, -0.25) is 9.59 Å². The second kappa shape index (κ2) is 6.32. The first-order chi connectivity index (χ1) is 13.7. The molecule has 1 heterocycles. The van der Waals surface area contributed by atoms with Crippen LogP contribution < -0.4 is 5.32 Å². The summed E-state index contributed by atoms with van der Waals surface area (Å²) in [5.41, 5.74) is 5.15. The minimum Gasteiger partial charge on any atom is -0.322 e. The van der Waals surface area contributed by atoms with Crippen LogP contribution in [-0.2, 0) is 0 Å². The van der Waals surface area contributed by atoms with Crippen LogP contribution in [-0.4, -0.2) is 21.2 Å². The molecule has 1 amide bonds. The largest absolute Gasteiger partial charge is 0.322 e. The van der Waals surface area contributed by atoms with Crippen LogP contribution >= 0.6 is 0 Å². The van der Waals surface area contributed by atoms with Crippen LogP contribution in [0.4, 0.5) is 5.69 Å². The summed E-state index contributed by atoms with van der Waals surface area (Å²) in [6, 6.07) is 20.3. The normalized spacial score (nSPS) is 11.8. The third-order valence-electron chi connectivity index (χ3n) is 4.92. The molecule has 0 spiro atoms. The predicted octanol–water partition coefficient (Wildman–Crippen LogP) is 4.34. The van der Waals surface area contributed by atoms with Gasteiger partial charge < -0.3 is 9.88 Å². The highest BCUT2D eigenvalue weighted by Gasteiger charge is 2.27. The van der Waals surface area contributed by atoms with Gasteiger partial charge in [0.1, 0.15) is 0 Å². The number of benzene rings is 3. The SMILES string of the molecule is O=C(Nc1ccc(-n2ccnc2)cc1)c1ccc2c(c1)C(=O)c1ccccc1-2. The number of nitrogens with one attached hydrogen (secondary N) is 1. The van der Waals surface area contributed by atoms with Crippen molar-refractivity contribution in [2.75, 3.05) is 5.32 Å². The van der Waals surface area contributed by atoms with Crippen LogP contribution in [0.3, 0.4) is 0 Å². The molecule has 5 nitrogen and oxygen atoms in total. The summed E-state index contributed by atoms with van der Waals surface area (Å²) < 4.78 is 1.88. The Morgan fingerprint density at radius 2 is 1.61 bits per heavy atom. The van der Waals surface area contributed by atoms with Gasteiger partial charge in [-0.15, -0.1) is 0 Å². The number of nitrogens with zero attached hydrogens (tertiary/aromatic N) is 2. The average molecular weight is 365 g/mol. The lowest BCUT2D eigenvalue weighted by Crippen LogP contribution is -2.12. The van der Waals surface area contributed by atoms with Gasteiger partial charge in [0.2, 0.25) is 0 Å². The molecule has 4 aromatic rings. The highest BCUT2D eigenvalue weighted by Crippen LogP contribution is 2.36. The minimum atomic E-state index is -0.248. The minimum absolute atomic E-state index is 0.0371. The summed E-state index contributed by atoms with van der Waals surface area (Å²) in [5.74, 6) is -0.285. The van der Waals surface area contributed by atoms with Crippen molar-refractivity contribution in [2.24, 2.45) is 0 Å². The highest BCUT2D eigenvalue weighted by molar-refractivity contribution is 6.22. The molecule has 1 N–H and O–H groups in total. The molecule has 1 aliphatic rings. The topological polar surface area (TPSA) is 64.0 Å². The second-order valence-electron chi connectivity index (χ2n) is 6.61. The van der Waals surface area contributed by atoms with E-state index in [1.54, 1.807) is 24.7 Å². The Morgan fingerprint density at radius 3 is 2.36 bits per heavy atom. The molecule has 0 radical (unpaired) electrons. The van der Waals surface area contributed by atoms with Gasteiger partial charge in [-0.05, 0) is 47.5 Å². The number of hydrogen-bond donors (Lipinski definition) is 1. The molecule has 0 fully saturated rings. The maximum Gasteiger partial charge on any atom is 0.255 e. The fraction of sp³-hybridized carbons (Fsp3) is 0. The van der Waals surface area contributed by atoms with Crippen LogP contribution in [0.5, 0.6) is 0 Å². The number of ketones is 1. The zero-order chi connectivity index (χ0) is 19.1. The first-order valence-corrected chi connectivity index (χ1v) is 8.88. The summed E-state index contributed by atoms with van der Waals surface area (Å²) in [6.45, 7) is 0. The molecule has 3 aromatic carbocycles. The van der Waals surface area contributed by atoms with E-state index in [1.807, 2.05) is 65.4 Å². The van der Waals surface area contributed by atoms with Gasteiger partial charge >= 0.3 is 0 Å². The van der Waals surface area contributed by atoms with E-state index in [0.29, 0.717) is 22.4 Å². The summed E-state index contributed by atoms with van der Waals surface area (Å²) in [5, 5.41) is 2.88. The quantitative estimate of drug-likeness (QED) is 0.517. The zero-order valence-corrected chi connectivity index (χ0v) is 14.8. The maximum absolute atomic E-state index is 12.7. The van der Waals surface area contributed by atoms with Gasteiger partial charge in [-0.25, -0.2) is 4.98 Å². The van der Waals surface area contributed by atoms with Gasteiger partial charge in [-0.2, -0.15) is 0 Å². The van der Waals surface area contributed by atoms with E-state index in [4.69, 9.17) is 0 Å². The molecule has 0 unspecified atom stereocenters. The molecule has 0 bridgehead atoms. The Hall–Kier alpha value is -3.99. The number of carbonyl (C=O) groups excluding carboxylic acids is 2. The molecule has 0 saturated heterocycles. The van der Waals surface area contributed by atoms with Crippen LogP contribution in [0.25, 0.3) is 16.8 Å². The number of anilines is 1. The van der Waals surface area contributed by atoms with Crippen molar-refractivity contribution in [3.8, 4) is 16.8 Å². The van der Waals surface area contributed by atoms with Crippen molar-refractivity contribution in [1.82, 2.24) is 9.55 Å². The number of rotatable bonds is 3. The lowest BCUT2D eigenvalue weighted by atomic mass is 10.0. The first-order valence-electron chi connectivity index (χ1n) is 8.88. The molecule has 1 aromatic heterocycles. The van der Waals surface area contributed by atoms with Crippen LogP contribution in [0.2, 0.25) is 0 Å². The van der Waals surface area contributed by atoms with Crippen LogP contribution in [0.1, 0.15) is 26.3 Å². The number of amides is 1. The average Bonchev–Trinajstić information content (AvgIpc) is 3.36.